The van der Waals surface area contributed by atoms with Gasteiger partial charge in [-0.1, -0.05) is 24.3 Å². The highest BCUT2D eigenvalue weighted by atomic mass is 16.5. The third-order valence-corrected chi connectivity index (χ3v) is 12.3. The van der Waals surface area contributed by atoms with E-state index in [1.165, 1.54) is 11.1 Å². The van der Waals surface area contributed by atoms with E-state index in [2.05, 4.69) is 33.8 Å². The van der Waals surface area contributed by atoms with Gasteiger partial charge in [0.05, 0.1) is 49.3 Å². The van der Waals surface area contributed by atoms with E-state index in [4.69, 9.17) is 24.7 Å². The molecule has 4 aromatic carbocycles. The Balaban J connectivity index is 0.894. The van der Waals surface area contributed by atoms with Gasteiger partial charge >= 0.3 is 0 Å². The number of hydrogen-bond acceptors (Lipinski definition) is 10. The molecule has 0 bridgehead atoms. The first kappa shape index (κ1) is 36.7. The van der Waals surface area contributed by atoms with Gasteiger partial charge in [0.25, 0.3) is 11.8 Å². The highest BCUT2D eigenvalue weighted by molar-refractivity contribution is 6.16. The molecule has 6 aliphatic rings. The van der Waals surface area contributed by atoms with Crippen molar-refractivity contribution in [1.29, 1.82) is 0 Å². The number of anilines is 4. The SMILES string of the molecule is COc1cc2c(cc1OCc1cc(COc3cc4c(cc3OC)C(=O)N3c5ccccc5C[C@@]35CN45)cc(NCCCC(N)=O)c1)NC[C@@H]1CC3=C(C=CCC3)N1C2=O. The number of nitrogens with one attached hydrogen (secondary N) is 2. The van der Waals surface area contributed by atoms with Gasteiger partial charge in [-0.3, -0.25) is 19.3 Å². The van der Waals surface area contributed by atoms with Crippen LogP contribution in [0.15, 0.2) is 90.2 Å². The maximum Gasteiger partial charge on any atom is 0.262 e. The van der Waals surface area contributed by atoms with Crippen molar-refractivity contribution in [3.8, 4) is 23.0 Å². The van der Waals surface area contributed by atoms with Crippen molar-refractivity contribution in [2.24, 2.45) is 5.73 Å². The molecule has 4 N–H and O–H groups in total. The second kappa shape index (κ2) is 14.3. The second-order valence-electron chi connectivity index (χ2n) is 16.0. The molecule has 0 aromatic heterocycles. The smallest absolute Gasteiger partial charge is 0.262 e. The van der Waals surface area contributed by atoms with Crippen molar-refractivity contribution in [1.82, 2.24) is 4.90 Å². The lowest BCUT2D eigenvalue weighted by atomic mass is 10.0. The minimum atomic E-state index is -0.375. The topological polar surface area (TPSA) is 148 Å². The zero-order chi connectivity index (χ0) is 40.4. The van der Waals surface area contributed by atoms with Crippen LogP contribution in [0.1, 0.15) is 69.5 Å². The molecule has 2 atom stereocenters. The molecule has 0 unspecified atom stereocenters. The average molecular weight is 795 g/mol. The Morgan fingerprint density at radius 3 is 2.41 bits per heavy atom. The van der Waals surface area contributed by atoms with E-state index in [1.54, 1.807) is 26.4 Å². The fraction of sp³-hybridized carbons (Fsp3) is 0.326. The van der Waals surface area contributed by atoms with Gasteiger partial charge in [0, 0.05) is 55.1 Å². The van der Waals surface area contributed by atoms with Gasteiger partial charge in [0.15, 0.2) is 23.0 Å². The normalized spacial score (nSPS) is 20.3. The molecule has 1 aliphatic carbocycles. The maximum atomic E-state index is 14.0. The lowest BCUT2D eigenvalue weighted by Crippen LogP contribution is -2.47. The Labute approximate surface area is 342 Å². The number of allylic oxidation sites excluding steroid dienone is 2. The molecular formula is C46H46N6O7. The van der Waals surface area contributed by atoms with Crippen molar-refractivity contribution in [2.75, 3.05) is 54.3 Å². The number of primary amides is 1. The number of nitrogens with zero attached hydrogens (tertiary/aromatic N) is 3. The first-order chi connectivity index (χ1) is 28.7. The standard InChI is InChI=1S/C46H46N6O7/c1-56-39-18-33-35(49-23-32-17-29-8-3-5-10-36(29)51(32)44(33)54)20-41(39)58-24-27-14-28(16-31(15-27)48-13-7-12-43(47)53)25-59-42-21-38-34(19-40(42)57-2)45(55)52-37-11-6-4-9-30(37)22-46(52)26-50(38)46/h4-6,9-11,14-16,18-21,32,48-49H,3,7-8,12-13,17,22-26H2,1-2H3,(H2,47,53)/t32-,46-,50?/m0/s1. The van der Waals surface area contributed by atoms with E-state index in [9.17, 15) is 14.4 Å². The van der Waals surface area contributed by atoms with Crippen molar-refractivity contribution in [3.05, 3.63) is 118 Å². The van der Waals surface area contributed by atoms with Crippen LogP contribution in [-0.4, -0.2) is 68.2 Å². The van der Waals surface area contributed by atoms with Crippen LogP contribution in [0.4, 0.5) is 22.7 Å². The van der Waals surface area contributed by atoms with Crippen LogP contribution < -0.4 is 45.1 Å². The number of carbonyl (C=O) groups is 3. The van der Waals surface area contributed by atoms with Crippen LogP contribution >= 0.6 is 0 Å². The number of para-hydroxylation sites is 1. The van der Waals surface area contributed by atoms with Gasteiger partial charge in [-0.25, -0.2) is 0 Å². The van der Waals surface area contributed by atoms with Gasteiger partial charge in [-0.05, 0) is 90.4 Å². The van der Waals surface area contributed by atoms with Crippen LogP contribution in [0.2, 0.25) is 0 Å². The van der Waals surface area contributed by atoms with E-state index in [1.807, 2.05) is 58.3 Å². The summed E-state index contributed by atoms with van der Waals surface area (Å²) in [7, 11) is 3.15. The Hall–Kier alpha value is -6.63. The molecule has 3 amide bonds. The Kier molecular flexibility index (Phi) is 8.91. The predicted molar refractivity (Wildman–Crippen MR) is 224 cm³/mol. The number of nitrogens with two attached hydrogens (primary N) is 1. The zero-order valence-electron chi connectivity index (χ0n) is 33.1. The number of hydrogen-bond donors (Lipinski definition) is 3. The summed E-state index contributed by atoms with van der Waals surface area (Å²) in [5, 5.41) is 6.94. The Morgan fingerprint density at radius 2 is 1.64 bits per heavy atom. The summed E-state index contributed by atoms with van der Waals surface area (Å²) in [4.78, 5) is 45.6. The van der Waals surface area contributed by atoms with Crippen molar-refractivity contribution >= 4 is 40.5 Å². The number of methoxy groups -OCH3 is 2. The van der Waals surface area contributed by atoms with Gasteiger partial charge in [-0.2, -0.15) is 0 Å². The number of benzene rings is 4. The number of carbonyl (C=O) groups excluding carboxylic acids is 3. The molecule has 302 valence electrons. The van der Waals surface area contributed by atoms with E-state index >= 15 is 0 Å². The number of amides is 3. The Morgan fingerprint density at radius 1 is 0.898 bits per heavy atom. The van der Waals surface area contributed by atoms with Crippen LogP contribution in [-0.2, 0) is 24.4 Å². The minimum Gasteiger partial charge on any atom is -0.493 e. The van der Waals surface area contributed by atoms with Crippen molar-refractivity contribution in [3.63, 3.8) is 0 Å². The number of ether oxygens (including phenoxy) is 4. The van der Waals surface area contributed by atoms with E-state index in [0.717, 1.165) is 66.1 Å². The lowest BCUT2D eigenvalue weighted by molar-refractivity contribution is -0.118. The fourth-order valence-corrected chi connectivity index (χ4v) is 9.52. The molecule has 1 fully saturated rings. The number of rotatable bonds is 13. The molecule has 59 heavy (non-hydrogen) atoms. The second-order valence-corrected chi connectivity index (χ2v) is 16.0. The largest absolute Gasteiger partial charge is 0.493 e. The summed E-state index contributed by atoms with van der Waals surface area (Å²) in [5.74, 6) is 1.55. The van der Waals surface area contributed by atoms with Crippen LogP contribution in [0.25, 0.3) is 0 Å². The van der Waals surface area contributed by atoms with E-state index < -0.39 is 0 Å². The molecule has 5 aliphatic heterocycles. The summed E-state index contributed by atoms with van der Waals surface area (Å²) >= 11 is 0. The summed E-state index contributed by atoms with van der Waals surface area (Å²) in [5.41, 5.74) is 14.8. The van der Waals surface area contributed by atoms with E-state index in [0.29, 0.717) is 59.3 Å². The first-order valence-electron chi connectivity index (χ1n) is 20.3. The summed E-state index contributed by atoms with van der Waals surface area (Å²) in [6.45, 7) is 2.33. The molecule has 4 aromatic rings. The summed E-state index contributed by atoms with van der Waals surface area (Å²) in [6, 6.07) is 21.5. The third-order valence-electron chi connectivity index (χ3n) is 12.3. The van der Waals surface area contributed by atoms with Crippen LogP contribution in [0.3, 0.4) is 0 Å². The quantitative estimate of drug-likeness (QED) is 0.101. The molecule has 10 rings (SSSR count). The van der Waals surface area contributed by atoms with Gasteiger partial charge in [0.2, 0.25) is 5.91 Å². The van der Waals surface area contributed by atoms with Gasteiger partial charge in [0.1, 0.15) is 18.9 Å². The number of fused-ring (bicyclic) bond motifs is 7. The third kappa shape index (κ3) is 6.27. The summed E-state index contributed by atoms with van der Waals surface area (Å²) in [6.07, 6.45) is 8.74. The van der Waals surface area contributed by atoms with Crippen molar-refractivity contribution in [2.45, 2.75) is 63.4 Å². The van der Waals surface area contributed by atoms with Crippen LogP contribution in [0.5, 0.6) is 23.0 Å². The monoisotopic (exact) mass is 794 g/mol. The Bertz CT molecular complexity index is 2500. The molecule has 1 saturated heterocycles. The van der Waals surface area contributed by atoms with Gasteiger partial charge < -0.3 is 45.1 Å². The molecule has 5 heterocycles. The molecule has 13 heteroatoms. The fourth-order valence-electron chi connectivity index (χ4n) is 9.52. The molecule has 1 spiro atoms. The average Bonchev–Trinajstić information content (AvgIpc) is 3.73. The molecule has 13 nitrogen and oxygen atoms in total. The lowest BCUT2D eigenvalue weighted by Gasteiger charge is -2.32. The van der Waals surface area contributed by atoms with Crippen LogP contribution in [0, 0.1) is 0 Å². The maximum absolute atomic E-state index is 14.0. The predicted octanol–water partition coefficient (Wildman–Crippen LogP) is 6.52. The molecule has 0 radical (unpaired) electrons. The minimum absolute atomic E-state index is 0.0368. The zero-order valence-corrected chi connectivity index (χ0v) is 33.1. The first-order valence-corrected chi connectivity index (χ1v) is 20.3. The van der Waals surface area contributed by atoms with E-state index in [-0.39, 0.29) is 49.1 Å². The molecular weight excluding hydrogens is 749 g/mol. The highest BCUT2D eigenvalue weighted by Gasteiger charge is 2.66. The molecule has 0 saturated carbocycles. The van der Waals surface area contributed by atoms with Crippen molar-refractivity contribution < 1.29 is 33.3 Å². The van der Waals surface area contributed by atoms with Gasteiger partial charge in [-0.15, -0.1) is 0 Å². The highest BCUT2D eigenvalue weighted by Crippen LogP contribution is 2.57. The summed E-state index contributed by atoms with van der Waals surface area (Å²) < 4.78 is 24.5.